The first-order valence-electron chi connectivity index (χ1n) is 13.7. The highest BCUT2D eigenvalue weighted by molar-refractivity contribution is 6.31. The molecule has 4 nitrogen and oxygen atoms in total. The van der Waals surface area contributed by atoms with Crippen molar-refractivity contribution in [2.24, 2.45) is 0 Å². The Bertz CT molecular complexity index is 2610. The van der Waals surface area contributed by atoms with Crippen molar-refractivity contribution in [1.29, 1.82) is 5.26 Å². The first-order chi connectivity index (χ1) is 20.3. The van der Waals surface area contributed by atoms with Crippen molar-refractivity contribution in [2.45, 2.75) is 0 Å². The first-order valence-corrected chi connectivity index (χ1v) is 13.7. The van der Waals surface area contributed by atoms with Gasteiger partial charge in [0.1, 0.15) is 11.2 Å². The fourth-order valence-corrected chi connectivity index (χ4v) is 6.98. The van der Waals surface area contributed by atoms with E-state index in [1.54, 1.807) is 0 Å². The van der Waals surface area contributed by atoms with Crippen LogP contribution in [0, 0.1) is 11.3 Å². The summed E-state index contributed by atoms with van der Waals surface area (Å²) in [6.07, 6.45) is 0. The van der Waals surface area contributed by atoms with E-state index in [0.29, 0.717) is 5.56 Å². The lowest BCUT2D eigenvalue weighted by Crippen LogP contribution is -1.82. The largest absolute Gasteiger partial charge is 0.454 e. The van der Waals surface area contributed by atoms with Crippen LogP contribution < -0.4 is 0 Å². The SMILES string of the molecule is N#Cc1cccc(-c2cc3c4ccc5c6ccccc6oc5c4n4c3c(c2)c2ccc3c5ccccc5oc3c24)c1. The van der Waals surface area contributed by atoms with Crippen LogP contribution in [0.3, 0.4) is 0 Å². The second-order valence-corrected chi connectivity index (χ2v) is 10.8. The number of rotatable bonds is 1. The molecule has 0 fully saturated rings. The number of nitrogens with zero attached hydrogens (tertiary/aromatic N) is 2. The van der Waals surface area contributed by atoms with Gasteiger partial charge in [0.05, 0.1) is 28.2 Å². The van der Waals surface area contributed by atoms with Gasteiger partial charge in [-0.1, -0.05) is 60.7 Å². The van der Waals surface area contributed by atoms with E-state index in [0.717, 1.165) is 93.1 Å². The summed E-state index contributed by atoms with van der Waals surface area (Å²) in [6.45, 7) is 0. The van der Waals surface area contributed by atoms with Crippen LogP contribution in [0.25, 0.3) is 93.1 Å². The summed E-state index contributed by atoms with van der Waals surface area (Å²) in [7, 11) is 0. The van der Waals surface area contributed by atoms with E-state index < -0.39 is 0 Å². The van der Waals surface area contributed by atoms with Gasteiger partial charge in [0.15, 0.2) is 11.2 Å². The maximum Gasteiger partial charge on any atom is 0.160 e. The van der Waals surface area contributed by atoms with Gasteiger partial charge in [0.25, 0.3) is 0 Å². The average molecular weight is 523 g/mol. The van der Waals surface area contributed by atoms with Gasteiger partial charge in [0.2, 0.25) is 0 Å². The normalized spacial score (nSPS) is 12.4. The highest BCUT2D eigenvalue weighted by Gasteiger charge is 2.25. The molecule has 0 atom stereocenters. The summed E-state index contributed by atoms with van der Waals surface area (Å²) in [5.41, 5.74) is 9.49. The van der Waals surface area contributed by atoms with Gasteiger partial charge in [-0.3, -0.25) is 0 Å². The number of fused-ring (bicyclic) bond motifs is 14. The second-order valence-electron chi connectivity index (χ2n) is 10.8. The Hall–Kier alpha value is -5.79. The van der Waals surface area contributed by atoms with Crippen LogP contribution >= 0.6 is 0 Å². The third kappa shape index (κ3) is 2.54. The molecule has 0 unspecified atom stereocenters. The molecule has 0 spiro atoms. The molecule has 0 bridgehead atoms. The quantitative estimate of drug-likeness (QED) is 0.215. The summed E-state index contributed by atoms with van der Waals surface area (Å²) in [6, 6.07) is 39.9. The lowest BCUT2D eigenvalue weighted by molar-refractivity contribution is 0.670. The van der Waals surface area contributed by atoms with Crippen molar-refractivity contribution < 1.29 is 8.83 Å². The Labute approximate surface area is 232 Å². The maximum atomic E-state index is 9.58. The van der Waals surface area contributed by atoms with E-state index in [4.69, 9.17) is 8.83 Å². The summed E-state index contributed by atoms with van der Waals surface area (Å²) >= 11 is 0. The third-order valence-electron chi connectivity index (χ3n) is 8.73. The van der Waals surface area contributed by atoms with Crippen LogP contribution in [0.5, 0.6) is 0 Å². The number of hydrogen-bond acceptors (Lipinski definition) is 3. The molecular weight excluding hydrogens is 504 g/mol. The van der Waals surface area contributed by atoms with Crippen molar-refractivity contribution in [2.75, 3.05) is 0 Å². The lowest BCUT2D eigenvalue weighted by atomic mass is 9.98. The number of para-hydroxylation sites is 2. The fraction of sp³-hybridized carbons (Fsp3) is 0. The number of nitriles is 1. The van der Waals surface area contributed by atoms with E-state index in [-0.39, 0.29) is 0 Å². The Kier molecular flexibility index (Phi) is 3.72. The minimum absolute atomic E-state index is 0.648. The Morgan fingerprint density at radius 3 is 1.61 bits per heavy atom. The van der Waals surface area contributed by atoms with E-state index in [9.17, 15) is 5.26 Å². The monoisotopic (exact) mass is 522 g/mol. The second kappa shape index (κ2) is 7.24. The Balaban J connectivity index is 1.49. The van der Waals surface area contributed by atoms with Crippen LogP contribution in [0.2, 0.25) is 0 Å². The topological polar surface area (TPSA) is 54.5 Å². The summed E-state index contributed by atoms with van der Waals surface area (Å²) in [4.78, 5) is 0. The van der Waals surface area contributed by atoms with Gasteiger partial charge in [-0.05, 0) is 59.7 Å². The van der Waals surface area contributed by atoms with Gasteiger partial charge in [-0.15, -0.1) is 0 Å². The lowest BCUT2D eigenvalue weighted by Gasteiger charge is -2.05. The van der Waals surface area contributed by atoms with Gasteiger partial charge < -0.3 is 13.2 Å². The van der Waals surface area contributed by atoms with Crippen LogP contribution in [0.4, 0.5) is 0 Å². The standard InChI is InChI=1S/C37H18N2O2/c38-19-20-6-5-7-21(16-20)22-17-29-25-12-14-27-23-8-1-3-10-31(23)40-36(27)34(25)39-33(29)30(18-22)26-13-15-28-24-9-2-4-11-32(24)41-37(28)35(26)39/h1-18H. The molecule has 0 N–H and O–H groups in total. The molecule has 0 radical (unpaired) electrons. The zero-order valence-electron chi connectivity index (χ0n) is 21.6. The average Bonchev–Trinajstić information content (AvgIpc) is 3.76. The predicted molar refractivity (Wildman–Crippen MR) is 166 cm³/mol. The number of aromatic nitrogens is 1. The van der Waals surface area contributed by atoms with Crippen molar-refractivity contribution in [3.8, 4) is 17.2 Å². The van der Waals surface area contributed by atoms with E-state index in [1.807, 2.05) is 42.5 Å². The molecule has 0 saturated heterocycles. The molecule has 0 amide bonds. The predicted octanol–water partition coefficient (Wildman–Crippen LogP) is 10.2. The molecule has 6 aromatic carbocycles. The number of furan rings is 2. The molecule has 4 aromatic heterocycles. The highest BCUT2D eigenvalue weighted by Crippen LogP contribution is 2.47. The molecule has 4 heterocycles. The van der Waals surface area contributed by atoms with Crippen molar-refractivity contribution in [1.82, 2.24) is 4.40 Å². The van der Waals surface area contributed by atoms with Gasteiger partial charge >= 0.3 is 0 Å². The first kappa shape index (κ1) is 21.1. The van der Waals surface area contributed by atoms with Gasteiger partial charge in [-0.25, -0.2) is 0 Å². The molecule has 0 aliphatic rings. The maximum absolute atomic E-state index is 9.58. The smallest absolute Gasteiger partial charge is 0.160 e. The van der Waals surface area contributed by atoms with Crippen molar-refractivity contribution >= 4 is 82.0 Å². The molecular formula is C37H18N2O2. The number of hydrogen-bond donors (Lipinski definition) is 0. The zero-order valence-corrected chi connectivity index (χ0v) is 21.6. The molecule has 0 saturated carbocycles. The van der Waals surface area contributed by atoms with E-state index >= 15 is 0 Å². The Morgan fingerprint density at radius 1 is 0.463 bits per heavy atom. The molecule has 188 valence electrons. The zero-order chi connectivity index (χ0) is 26.8. The van der Waals surface area contributed by atoms with E-state index in [1.165, 1.54) is 0 Å². The van der Waals surface area contributed by atoms with Gasteiger partial charge in [-0.2, -0.15) is 5.26 Å². The van der Waals surface area contributed by atoms with Crippen LogP contribution in [0.15, 0.2) is 118 Å². The third-order valence-corrected chi connectivity index (χ3v) is 8.73. The molecule has 10 aromatic rings. The Morgan fingerprint density at radius 2 is 1.02 bits per heavy atom. The molecule has 0 aliphatic heterocycles. The summed E-state index contributed by atoms with van der Waals surface area (Å²) in [5.74, 6) is 0. The molecule has 41 heavy (non-hydrogen) atoms. The van der Waals surface area contributed by atoms with Gasteiger partial charge in [0, 0.05) is 43.1 Å². The van der Waals surface area contributed by atoms with Crippen molar-refractivity contribution in [3.63, 3.8) is 0 Å². The van der Waals surface area contributed by atoms with Crippen LogP contribution in [-0.4, -0.2) is 4.40 Å². The molecule has 4 heteroatoms. The molecule has 10 rings (SSSR count). The van der Waals surface area contributed by atoms with Crippen LogP contribution in [-0.2, 0) is 0 Å². The minimum Gasteiger partial charge on any atom is -0.454 e. The summed E-state index contributed by atoms with van der Waals surface area (Å²) < 4.78 is 15.6. The van der Waals surface area contributed by atoms with Crippen LogP contribution in [0.1, 0.15) is 5.56 Å². The van der Waals surface area contributed by atoms with Crippen molar-refractivity contribution in [3.05, 3.63) is 115 Å². The van der Waals surface area contributed by atoms with E-state index in [2.05, 4.69) is 77.2 Å². The molecule has 0 aliphatic carbocycles. The fourth-order valence-electron chi connectivity index (χ4n) is 6.98. The minimum atomic E-state index is 0.648. The summed E-state index contributed by atoms with van der Waals surface area (Å²) in [5, 5.41) is 18.5. The highest BCUT2D eigenvalue weighted by atomic mass is 16.3. The number of benzene rings is 6.